The van der Waals surface area contributed by atoms with Crippen LogP contribution in [0.3, 0.4) is 0 Å². The third-order valence-electron chi connectivity index (χ3n) is 18.7. The van der Waals surface area contributed by atoms with E-state index in [4.69, 9.17) is 16.9 Å². The van der Waals surface area contributed by atoms with E-state index in [9.17, 15) is 77.6 Å². The van der Waals surface area contributed by atoms with Crippen molar-refractivity contribution in [3.63, 3.8) is 0 Å². The summed E-state index contributed by atoms with van der Waals surface area (Å²) in [4.78, 5) is 221. The van der Waals surface area contributed by atoms with Crippen LogP contribution in [0.5, 0.6) is 0 Å². The third kappa shape index (κ3) is 28.7. The number of benzene rings is 3. The molecule has 20 N–H and O–H groups in total. The van der Waals surface area contributed by atoms with E-state index in [1.165, 1.54) is 52.8 Å². The average molecular weight is 1630 g/mol. The standard InChI is InChI=1S/C74H100N18O18S3/c1-41(93)61-71(108)83-49(23-24-59(95)96)63(100)84-52(32-44-16-8-5-9-17-44)66(103)88-55(69(106)87-54(34-60(97)98)68(105)86-53(33-47-35-78-40-80-47)67(104)85-51(31-43-14-6-4-7-15-43)65(102)82-48(62(75)99)20-11-26-79-74(76)77)38-112-36-45-18-10-19-46(30-45)37-113-39-56(89-64(101)50(25-29-111-3)81-42(2)94)72(109)92-28-13-22-58(92)73(110)91-27-12-21-57(91)70(107)90-61/h4-10,14-19,30,35,40-41,48-58,61,93H,11-13,20-29,31-34,36-39H2,1-3H3,(H2,75,99)(H,78,80)(H,81,94)(H,82,102)(H,83,108)(H,84,100)(H,85,104)(H,86,105)(H,87,106)(H,88,103)(H,89,101)(H,90,107)(H,95,96)(H,97,98)(H4,76,77,79)/t41-,48+,49+,50+,51+,52+,53+,54+,55+,56+,57+,58+,61+/m1/s1. The Hall–Kier alpha value is -10.8. The number of aromatic nitrogens is 2. The molecule has 7 rings (SSSR count). The molecule has 0 aliphatic carbocycles. The molecule has 13 amide bonds. The van der Waals surface area contributed by atoms with Crippen molar-refractivity contribution >= 4 is 130 Å². The number of imidazole rings is 1. The van der Waals surface area contributed by atoms with Gasteiger partial charge in [0.15, 0.2) is 5.96 Å². The second kappa shape index (κ2) is 45.0. The lowest BCUT2D eigenvalue weighted by Gasteiger charge is -2.34. The molecule has 0 radical (unpaired) electrons. The molecule has 36 nitrogen and oxygen atoms in total. The highest BCUT2D eigenvalue weighted by atomic mass is 32.2. The minimum atomic E-state index is -2.04. The number of amides is 13. The van der Waals surface area contributed by atoms with Crippen molar-refractivity contribution < 1.29 is 87.2 Å². The van der Waals surface area contributed by atoms with Crippen LogP contribution in [0, 0.1) is 5.41 Å². The molecule has 3 aromatic carbocycles. The quantitative estimate of drug-likeness (QED) is 0.0143. The molecule has 13 atom stereocenters. The Morgan fingerprint density at radius 1 is 0.646 bits per heavy atom. The molecule has 2 fully saturated rings. The van der Waals surface area contributed by atoms with Gasteiger partial charge in [-0.3, -0.25) is 77.3 Å². The Balaban J connectivity index is 1.24. The lowest BCUT2D eigenvalue weighted by Crippen LogP contribution is -2.62. The average Bonchev–Trinajstić information content (AvgIpc) is 1.66. The van der Waals surface area contributed by atoms with E-state index in [0.717, 1.165) is 24.2 Å². The third-order valence-corrected chi connectivity index (χ3v) is 21.6. The lowest BCUT2D eigenvalue weighted by molar-refractivity contribution is -0.148. The number of guanidine groups is 1. The van der Waals surface area contributed by atoms with E-state index in [0.29, 0.717) is 35.3 Å². The Morgan fingerprint density at radius 3 is 1.83 bits per heavy atom. The Kier molecular flexibility index (Phi) is 35.6. The molecular formula is C74H100N18O18S3. The minimum absolute atomic E-state index is 0.00928. The van der Waals surface area contributed by atoms with Crippen LogP contribution in [0.2, 0.25) is 0 Å². The van der Waals surface area contributed by atoms with E-state index in [1.54, 1.807) is 78.9 Å². The summed E-state index contributed by atoms with van der Waals surface area (Å²) in [6.07, 6.45) is 0.758. The second-order valence-corrected chi connectivity index (χ2v) is 30.6. The highest BCUT2D eigenvalue weighted by molar-refractivity contribution is 7.99. The number of aliphatic carboxylic acids is 2. The fourth-order valence-electron chi connectivity index (χ4n) is 13.0. The van der Waals surface area contributed by atoms with Gasteiger partial charge in [0.25, 0.3) is 0 Å². The second-order valence-electron chi connectivity index (χ2n) is 27.5. The first kappa shape index (κ1) is 89.4. The number of carbonyl (C=O) groups is 15. The van der Waals surface area contributed by atoms with Gasteiger partial charge in [0, 0.05) is 81.4 Å². The number of nitrogens with one attached hydrogen (secondary N) is 13. The topological polar surface area (TPSA) is 560 Å². The van der Waals surface area contributed by atoms with Gasteiger partial charge in [-0.05, 0) is 92.6 Å². The summed E-state index contributed by atoms with van der Waals surface area (Å²) in [6.45, 7) is 2.71. The zero-order valence-corrected chi connectivity index (χ0v) is 65.2. The van der Waals surface area contributed by atoms with Gasteiger partial charge < -0.3 is 100 Å². The van der Waals surface area contributed by atoms with E-state index < -0.39 is 193 Å². The Labute approximate surface area is 664 Å². The van der Waals surface area contributed by atoms with Gasteiger partial charge in [0.1, 0.15) is 72.5 Å². The molecule has 0 spiro atoms. The molecule has 113 heavy (non-hydrogen) atoms. The van der Waals surface area contributed by atoms with Crippen LogP contribution in [0.15, 0.2) is 97.5 Å². The number of aliphatic hydroxyl groups is 1. The molecular weight excluding hydrogens is 1530 g/mol. The predicted octanol–water partition coefficient (Wildman–Crippen LogP) is -2.31. The van der Waals surface area contributed by atoms with Crippen molar-refractivity contribution in [2.24, 2.45) is 11.5 Å². The number of primary amides is 1. The maximum Gasteiger partial charge on any atom is 0.305 e. The van der Waals surface area contributed by atoms with Gasteiger partial charge in [-0.2, -0.15) is 35.3 Å². The number of aliphatic hydroxyl groups excluding tert-OH is 1. The Bertz CT molecular complexity index is 4000. The maximum atomic E-state index is 15.2. The molecule has 0 saturated carbocycles. The summed E-state index contributed by atoms with van der Waals surface area (Å²) in [5, 5.41) is 67.3. The zero-order chi connectivity index (χ0) is 82.3. The SMILES string of the molecule is CSCC[C@H](NC(C)=O)C(=O)N[C@H]1CSCc2cccc(c2)CSC[C@@H](C(=O)N[C@@H](CC(=O)O)C(=O)N[C@@H](Cc2c[nH]cn2)C(=O)N[C@@H](Cc2ccccc2)C(=O)N[C@@H](CCCNC(=N)N)C(N)=O)NC(=O)[C@H](Cc2ccccc2)NC(=O)[C@H](CCC(=O)O)NC(=O)[C@H]([C@@H](C)O)NC(=O)[C@@H]2CCCN2C(=O)[C@@H]2CCCN2C1=O. The minimum Gasteiger partial charge on any atom is -0.481 e. The van der Waals surface area contributed by atoms with Crippen LogP contribution in [0.25, 0.3) is 0 Å². The number of H-pyrrole nitrogens is 1. The highest BCUT2D eigenvalue weighted by Gasteiger charge is 2.46. The highest BCUT2D eigenvalue weighted by Crippen LogP contribution is 2.28. The first-order valence-electron chi connectivity index (χ1n) is 36.9. The number of aromatic amines is 1. The number of carboxylic acid groups (broad SMARTS) is 2. The van der Waals surface area contributed by atoms with E-state index in [2.05, 4.69) is 68.5 Å². The predicted molar refractivity (Wildman–Crippen MR) is 418 cm³/mol. The van der Waals surface area contributed by atoms with Crippen LogP contribution < -0.4 is 70.0 Å². The molecule has 39 heteroatoms. The van der Waals surface area contributed by atoms with E-state index in [-0.39, 0.29) is 99.2 Å². The number of nitrogens with zero attached hydrogens (tertiary/aromatic N) is 3. The molecule has 0 unspecified atom stereocenters. The van der Waals surface area contributed by atoms with Crippen molar-refractivity contribution in [2.45, 2.75) is 187 Å². The van der Waals surface area contributed by atoms with Crippen molar-refractivity contribution in [1.82, 2.24) is 78.3 Å². The Morgan fingerprint density at radius 2 is 1.24 bits per heavy atom. The first-order valence-corrected chi connectivity index (χ1v) is 40.6. The van der Waals surface area contributed by atoms with Gasteiger partial charge >= 0.3 is 11.9 Å². The number of nitrogens with two attached hydrogens (primary N) is 2. The van der Waals surface area contributed by atoms with Gasteiger partial charge in [-0.1, -0.05) is 84.9 Å². The van der Waals surface area contributed by atoms with Gasteiger partial charge in [-0.15, -0.1) is 0 Å². The van der Waals surface area contributed by atoms with E-state index in [1.807, 2.05) is 12.3 Å². The summed E-state index contributed by atoms with van der Waals surface area (Å²) < 4.78 is 0. The number of fused-ring (bicyclic) bond motifs is 4. The normalized spacial score (nSPS) is 21.1. The number of rotatable bonds is 31. The molecule has 2 saturated heterocycles. The monoisotopic (exact) mass is 1620 g/mol. The molecule has 2 bridgehead atoms. The fourth-order valence-corrected chi connectivity index (χ4v) is 15.5. The summed E-state index contributed by atoms with van der Waals surface area (Å²) in [6, 6.07) is 5.49. The molecule has 4 heterocycles. The largest absolute Gasteiger partial charge is 0.481 e. The summed E-state index contributed by atoms with van der Waals surface area (Å²) in [5.74, 6) is -14.8. The molecule has 1 aromatic heterocycles. The number of hydrogen-bond donors (Lipinski definition) is 18. The smallest absolute Gasteiger partial charge is 0.305 e. The molecule has 3 aliphatic heterocycles. The van der Waals surface area contributed by atoms with Crippen molar-refractivity contribution in [3.8, 4) is 0 Å². The summed E-state index contributed by atoms with van der Waals surface area (Å²) in [7, 11) is 0. The summed E-state index contributed by atoms with van der Waals surface area (Å²) in [5.41, 5.74) is 13.6. The fraction of sp³-hybridized carbons (Fsp3) is 0.500. The number of hydrogen-bond acceptors (Lipinski definition) is 21. The number of carbonyl (C=O) groups excluding carboxylic acids is 13. The maximum absolute atomic E-state index is 15.2. The first-order chi connectivity index (χ1) is 54.0. The van der Waals surface area contributed by atoms with Crippen LogP contribution in [0.4, 0.5) is 0 Å². The van der Waals surface area contributed by atoms with Crippen molar-refractivity contribution in [2.75, 3.05) is 43.1 Å². The summed E-state index contributed by atoms with van der Waals surface area (Å²) >= 11 is 3.79. The van der Waals surface area contributed by atoms with Gasteiger partial charge in [-0.25, -0.2) is 4.98 Å². The molecule has 3 aliphatic rings. The number of carboxylic acids is 2. The lowest BCUT2D eigenvalue weighted by atomic mass is 10.0. The number of thioether (sulfide) groups is 3. The van der Waals surface area contributed by atoms with Crippen LogP contribution in [-0.2, 0) is 103 Å². The van der Waals surface area contributed by atoms with Crippen molar-refractivity contribution in [1.29, 1.82) is 5.41 Å². The van der Waals surface area contributed by atoms with Crippen LogP contribution in [-0.4, -0.2) is 252 Å². The zero-order valence-electron chi connectivity index (χ0n) is 62.8. The van der Waals surface area contributed by atoms with Crippen LogP contribution >= 0.6 is 35.3 Å². The van der Waals surface area contributed by atoms with Crippen LogP contribution in [0.1, 0.15) is 106 Å². The molecule has 612 valence electrons. The molecule has 4 aromatic rings. The van der Waals surface area contributed by atoms with Gasteiger partial charge in [0.2, 0.25) is 76.8 Å². The van der Waals surface area contributed by atoms with Gasteiger partial charge in [0.05, 0.1) is 24.5 Å². The van der Waals surface area contributed by atoms with Crippen molar-refractivity contribution in [3.05, 3.63) is 125 Å². The van der Waals surface area contributed by atoms with E-state index >= 15 is 9.59 Å².